The summed E-state index contributed by atoms with van der Waals surface area (Å²) in [6.45, 7) is 2.79. The lowest BCUT2D eigenvalue weighted by Gasteiger charge is -2.31. The van der Waals surface area contributed by atoms with Crippen LogP contribution in [0.1, 0.15) is 36.8 Å². The Morgan fingerprint density at radius 1 is 1.35 bits per heavy atom. The standard InChI is InChI=1S/C16H25ClN2O/c1-18-9-8-16(7-3-4-10-20-2)15-11-14(17)6-5-13(15)12-19-16/h5-6,11,18-19H,3-4,7-10,12H2,1-2H3. The highest BCUT2D eigenvalue weighted by Gasteiger charge is 2.37. The summed E-state index contributed by atoms with van der Waals surface area (Å²) in [6, 6.07) is 6.28. The van der Waals surface area contributed by atoms with Crippen LogP contribution < -0.4 is 10.6 Å². The van der Waals surface area contributed by atoms with Gasteiger partial charge in [-0.3, -0.25) is 0 Å². The van der Waals surface area contributed by atoms with Gasteiger partial charge in [0.05, 0.1) is 0 Å². The molecular formula is C16H25ClN2O. The molecule has 0 radical (unpaired) electrons. The number of nitrogens with one attached hydrogen (secondary N) is 2. The van der Waals surface area contributed by atoms with Crippen LogP contribution in [-0.4, -0.2) is 27.3 Å². The molecule has 0 fully saturated rings. The van der Waals surface area contributed by atoms with Crippen LogP contribution in [0.5, 0.6) is 0 Å². The van der Waals surface area contributed by atoms with Crippen molar-refractivity contribution < 1.29 is 4.74 Å². The first-order valence-electron chi connectivity index (χ1n) is 7.39. The molecule has 0 saturated heterocycles. The first-order valence-corrected chi connectivity index (χ1v) is 7.77. The topological polar surface area (TPSA) is 33.3 Å². The number of hydrogen-bond donors (Lipinski definition) is 2. The van der Waals surface area contributed by atoms with E-state index in [-0.39, 0.29) is 5.54 Å². The van der Waals surface area contributed by atoms with Crippen LogP contribution in [0.2, 0.25) is 5.02 Å². The van der Waals surface area contributed by atoms with Crippen LogP contribution in [0, 0.1) is 0 Å². The number of ether oxygens (including phenoxy) is 1. The molecule has 0 aromatic heterocycles. The second-order valence-electron chi connectivity index (χ2n) is 5.54. The number of unbranched alkanes of at least 4 members (excludes halogenated alkanes) is 1. The van der Waals surface area contributed by atoms with Crippen molar-refractivity contribution in [2.75, 3.05) is 27.3 Å². The van der Waals surface area contributed by atoms with Crippen LogP contribution in [-0.2, 0) is 16.8 Å². The molecule has 2 rings (SSSR count). The molecule has 112 valence electrons. The lowest BCUT2D eigenvalue weighted by atomic mass is 9.83. The van der Waals surface area contributed by atoms with Gasteiger partial charge in [0.2, 0.25) is 0 Å². The number of rotatable bonds is 8. The predicted octanol–water partition coefficient (Wildman–Crippen LogP) is 3.06. The van der Waals surface area contributed by atoms with Crippen LogP contribution in [0.4, 0.5) is 0 Å². The Morgan fingerprint density at radius 2 is 2.20 bits per heavy atom. The molecule has 0 saturated carbocycles. The number of fused-ring (bicyclic) bond motifs is 1. The second-order valence-corrected chi connectivity index (χ2v) is 5.98. The van der Waals surface area contributed by atoms with E-state index in [0.717, 1.165) is 50.4 Å². The van der Waals surface area contributed by atoms with Crippen molar-refractivity contribution >= 4 is 11.6 Å². The van der Waals surface area contributed by atoms with Gasteiger partial charge < -0.3 is 15.4 Å². The van der Waals surface area contributed by atoms with E-state index >= 15 is 0 Å². The highest BCUT2D eigenvalue weighted by atomic mass is 35.5. The Bertz CT molecular complexity index is 438. The third kappa shape index (κ3) is 3.53. The summed E-state index contributed by atoms with van der Waals surface area (Å²) < 4.78 is 5.16. The molecule has 3 nitrogen and oxygen atoms in total. The highest BCUT2D eigenvalue weighted by molar-refractivity contribution is 6.30. The number of halogens is 1. The number of benzene rings is 1. The van der Waals surface area contributed by atoms with Gasteiger partial charge >= 0.3 is 0 Å². The highest BCUT2D eigenvalue weighted by Crippen LogP contribution is 2.39. The van der Waals surface area contributed by atoms with E-state index < -0.39 is 0 Å². The van der Waals surface area contributed by atoms with Crippen molar-refractivity contribution in [2.24, 2.45) is 0 Å². The fourth-order valence-electron chi connectivity index (χ4n) is 3.09. The lowest BCUT2D eigenvalue weighted by Crippen LogP contribution is -2.39. The summed E-state index contributed by atoms with van der Waals surface area (Å²) in [5.41, 5.74) is 2.84. The van der Waals surface area contributed by atoms with Gasteiger partial charge in [0, 0.05) is 30.8 Å². The summed E-state index contributed by atoms with van der Waals surface area (Å²) in [5, 5.41) is 7.84. The van der Waals surface area contributed by atoms with E-state index in [1.165, 1.54) is 11.1 Å². The van der Waals surface area contributed by atoms with Gasteiger partial charge in [0.1, 0.15) is 0 Å². The summed E-state index contributed by atoms with van der Waals surface area (Å²) >= 11 is 6.21. The zero-order chi connectivity index (χ0) is 14.4. The first-order chi connectivity index (χ1) is 9.72. The van der Waals surface area contributed by atoms with Crippen LogP contribution in [0.3, 0.4) is 0 Å². The van der Waals surface area contributed by atoms with Gasteiger partial charge in [-0.2, -0.15) is 0 Å². The number of methoxy groups -OCH3 is 1. The Labute approximate surface area is 127 Å². The molecule has 0 bridgehead atoms. The van der Waals surface area contributed by atoms with Crippen LogP contribution in [0.25, 0.3) is 0 Å². The SMILES string of the molecule is CNCCC1(CCCCOC)NCc2ccc(Cl)cc21. The Hall–Kier alpha value is -0.610. The zero-order valence-electron chi connectivity index (χ0n) is 12.5. The Balaban J connectivity index is 2.14. The minimum absolute atomic E-state index is 0.0665. The molecule has 1 atom stereocenters. The average Bonchev–Trinajstić information content (AvgIpc) is 2.80. The quantitative estimate of drug-likeness (QED) is 0.723. The molecule has 2 N–H and O–H groups in total. The maximum atomic E-state index is 6.21. The van der Waals surface area contributed by atoms with Gasteiger partial charge in [-0.05, 0) is 62.5 Å². The van der Waals surface area contributed by atoms with Gasteiger partial charge in [0.25, 0.3) is 0 Å². The van der Waals surface area contributed by atoms with Crippen molar-refractivity contribution in [3.63, 3.8) is 0 Å². The molecule has 4 heteroatoms. The fourth-order valence-corrected chi connectivity index (χ4v) is 3.26. The van der Waals surface area contributed by atoms with Gasteiger partial charge in [-0.15, -0.1) is 0 Å². The Kier molecular flexibility index (Phi) is 5.85. The maximum absolute atomic E-state index is 6.21. The van der Waals surface area contributed by atoms with Gasteiger partial charge in [-0.1, -0.05) is 17.7 Å². The summed E-state index contributed by atoms with van der Waals surface area (Å²) in [6.07, 6.45) is 4.49. The average molecular weight is 297 g/mol. The fraction of sp³-hybridized carbons (Fsp3) is 0.625. The lowest BCUT2D eigenvalue weighted by molar-refractivity contribution is 0.185. The van der Waals surface area contributed by atoms with E-state index in [0.29, 0.717) is 0 Å². The van der Waals surface area contributed by atoms with Crippen molar-refractivity contribution in [3.05, 3.63) is 34.3 Å². The van der Waals surface area contributed by atoms with E-state index in [9.17, 15) is 0 Å². The maximum Gasteiger partial charge on any atom is 0.0462 e. The summed E-state index contributed by atoms with van der Waals surface area (Å²) in [7, 11) is 3.77. The first kappa shape index (κ1) is 15.8. The van der Waals surface area contributed by atoms with E-state index in [2.05, 4.69) is 22.8 Å². The third-order valence-corrected chi connectivity index (χ3v) is 4.44. The largest absolute Gasteiger partial charge is 0.385 e. The molecule has 0 amide bonds. The molecule has 1 aromatic carbocycles. The normalized spacial score (nSPS) is 21.1. The van der Waals surface area contributed by atoms with Crippen molar-refractivity contribution in [3.8, 4) is 0 Å². The molecular weight excluding hydrogens is 272 g/mol. The molecule has 1 unspecified atom stereocenters. The van der Waals surface area contributed by atoms with Gasteiger partial charge in [0.15, 0.2) is 0 Å². The minimum Gasteiger partial charge on any atom is -0.385 e. The molecule has 1 aromatic rings. The van der Waals surface area contributed by atoms with Gasteiger partial charge in [-0.25, -0.2) is 0 Å². The van der Waals surface area contributed by atoms with E-state index in [1.54, 1.807) is 7.11 Å². The van der Waals surface area contributed by atoms with E-state index in [1.807, 2.05) is 13.1 Å². The third-order valence-electron chi connectivity index (χ3n) is 4.21. The zero-order valence-corrected chi connectivity index (χ0v) is 13.2. The molecule has 0 aliphatic carbocycles. The monoisotopic (exact) mass is 296 g/mol. The molecule has 1 aliphatic rings. The molecule has 0 spiro atoms. The molecule has 20 heavy (non-hydrogen) atoms. The molecule has 1 aliphatic heterocycles. The Morgan fingerprint density at radius 3 is 2.95 bits per heavy atom. The summed E-state index contributed by atoms with van der Waals surface area (Å²) in [4.78, 5) is 0. The summed E-state index contributed by atoms with van der Waals surface area (Å²) in [5.74, 6) is 0. The predicted molar refractivity (Wildman–Crippen MR) is 84.2 cm³/mol. The molecule has 1 heterocycles. The number of hydrogen-bond acceptors (Lipinski definition) is 3. The van der Waals surface area contributed by atoms with E-state index in [4.69, 9.17) is 16.3 Å². The minimum atomic E-state index is 0.0665. The van der Waals surface area contributed by atoms with Crippen molar-refractivity contribution in [2.45, 2.75) is 37.8 Å². The van der Waals surface area contributed by atoms with Crippen LogP contribution >= 0.6 is 11.6 Å². The second kappa shape index (κ2) is 7.41. The smallest absolute Gasteiger partial charge is 0.0462 e. The van der Waals surface area contributed by atoms with Crippen molar-refractivity contribution in [1.29, 1.82) is 0 Å². The van der Waals surface area contributed by atoms with Crippen LogP contribution in [0.15, 0.2) is 18.2 Å². The van der Waals surface area contributed by atoms with Crippen molar-refractivity contribution in [1.82, 2.24) is 10.6 Å².